The van der Waals surface area contributed by atoms with Gasteiger partial charge in [-0.25, -0.2) is 4.79 Å². The topological polar surface area (TPSA) is 43.4 Å². The second-order valence-electron chi connectivity index (χ2n) is 3.52. The molecule has 4 heteroatoms. The molecule has 16 heavy (non-hydrogen) atoms. The van der Waals surface area contributed by atoms with Crippen molar-refractivity contribution in [2.75, 3.05) is 6.61 Å². The molecule has 3 nitrogen and oxygen atoms in total. The van der Waals surface area contributed by atoms with Crippen molar-refractivity contribution in [1.29, 1.82) is 0 Å². The van der Waals surface area contributed by atoms with E-state index in [1.54, 1.807) is 12.1 Å². The van der Waals surface area contributed by atoms with Gasteiger partial charge in [-0.3, -0.25) is 4.79 Å². The Kier molecular flexibility index (Phi) is 5.78. The number of esters is 1. The second kappa shape index (κ2) is 7.17. The number of aldehydes is 1. The molecule has 0 amide bonds. The van der Waals surface area contributed by atoms with E-state index in [9.17, 15) is 9.59 Å². The van der Waals surface area contributed by atoms with Crippen LogP contribution in [0.5, 0.6) is 0 Å². The maximum atomic E-state index is 11.5. The normalized spacial score (nSPS) is 10.1. The van der Waals surface area contributed by atoms with Crippen molar-refractivity contribution in [2.24, 2.45) is 0 Å². The number of carbonyl (C=O) groups excluding carboxylic acids is 2. The summed E-state index contributed by atoms with van der Waals surface area (Å²) in [4.78, 5) is 23.0. The summed E-state index contributed by atoms with van der Waals surface area (Å²) in [6.07, 6.45) is 5.08. The summed E-state index contributed by atoms with van der Waals surface area (Å²) in [5.41, 5.74) is 0. The molecule has 88 valence electrons. The number of thiophene rings is 1. The molecule has 0 aliphatic carbocycles. The van der Waals surface area contributed by atoms with Crippen molar-refractivity contribution in [1.82, 2.24) is 0 Å². The van der Waals surface area contributed by atoms with Gasteiger partial charge < -0.3 is 4.74 Å². The first-order valence-electron chi connectivity index (χ1n) is 5.50. The molecule has 1 aromatic rings. The molecule has 0 saturated heterocycles. The number of ether oxygens (including phenoxy) is 1. The van der Waals surface area contributed by atoms with Crippen LogP contribution >= 0.6 is 11.3 Å². The van der Waals surface area contributed by atoms with E-state index in [2.05, 4.69) is 6.92 Å². The Bertz CT molecular complexity index is 344. The van der Waals surface area contributed by atoms with Crippen LogP contribution in [0.15, 0.2) is 12.1 Å². The standard InChI is InChI=1S/C12H16O3S/c1-2-3-4-5-8-15-12(14)11-7-6-10(9-13)16-11/h6-7,9H,2-5,8H2,1H3. The fourth-order valence-electron chi connectivity index (χ4n) is 1.29. The summed E-state index contributed by atoms with van der Waals surface area (Å²) in [6, 6.07) is 3.26. The van der Waals surface area contributed by atoms with Gasteiger partial charge in [0.2, 0.25) is 0 Å². The molecule has 0 aliphatic rings. The van der Waals surface area contributed by atoms with Crippen LogP contribution in [0.25, 0.3) is 0 Å². The van der Waals surface area contributed by atoms with Crippen LogP contribution in [0, 0.1) is 0 Å². The SMILES string of the molecule is CCCCCCOC(=O)c1ccc(C=O)s1. The van der Waals surface area contributed by atoms with Crippen molar-refractivity contribution in [3.63, 3.8) is 0 Å². The van der Waals surface area contributed by atoms with Crippen LogP contribution in [0.2, 0.25) is 0 Å². The van der Waals surface area contributed by atoms with E-state index >= 15 is 0 Å². The summed E-state index contributed by atoms with van der Waals surface area (Å²) in [5.74, 6) is -0.324. The Morgan fingerprint density at radius 1 is 1.38 bits per heavy atom. The van der Waals surface area contributed by atoms with E-state index < -0.39 is 0 Å². The molecule has 0 atom stereocenters. The van der Waals surface area contributed by atoms with Crippen LogP contribution in [-0.2, 0) is 4.74 Å². The van der Waals surface area contributed by atoms with Crippen molar-refractivity contribution >= 4 is 23.6 Å². The summed E-state index contributed by atoms with van der Waals surface area (Å²) < 4.78 is 5.09. The molecule has 0 fully saturated rings. The molecule has 0 spiro atoms. The molecule has 1 heterocycles. The van der Waals surface area contributed by atoms with Gasteiger partial charge in [-0.1, -0.05) is 26.2 Å². The highest BCUT2D eigenvalue weighted by atomic mass is 32.1. The van der Waals surface area contributed by atoms with Gasteiger partial charge in [0.05, 0.1) is 11.5 Å². The minimum absolute atomic E-state index is 0.324. The number of unbranched alkanes of at least 4 members (excludes halogenated alkanes) is 3. The largest absolute Gasteiger partial charge is 0.462 e. The lowest BCUT2D eigenvalue weighted by molar-refractivity contribution is 0.0503. The Morgan fingerprint density at radius 3 is 2.81 bits per heavy atom. The summed E-state index contributed by atoms with van der Waals surface area (Å²) in [7, 11) is 0. The van der Waals surface area contributed by atoms with E-state index in [-0.39, 0.29) is 5.97 Å². The predicted octanol–water partition coefficient (Wildman–Crippen LogP) is 3.30. The molecule has 1 aromatic heterocycles. The fraction of sp³-hybridized carbons (Fsp3) is 0.500. The number of hydrogen-bond acceptors (Lipinski definition) is 4. The highest BCUT2D eigenvalue weighted by Gasteiger charge is 2.09. The lowest BCUT2D eigenvalue weighted by Gasteiger charge is -2.02. The number of rotatable bonds is 7. The maximum absolute atomic E-state index is 11.5. The molecule has 0 aliphatic heterocycles. The lowest BCUT2D eigenvalue weighted by atomic mass is 10.2. The van der Waals surface area contributed by atoms with Crippen molar-refractivity contribution in [3.8, 4) is 0 Å². The van der Waals surface area contributed by atoms with E-state index in [1.807, 2.05) is 0 Å². The minimum atomic E-state index is -0.324. The quantitative estimate of drug-likeness (QED) is 0.417. The van der Waals surface area contributed by atoms with Crippen LogP contribution in [-0.4, -0.2) is 18.9 Å². The number of hydrogen-bond donors (Lipinski definition) is 0. The van der Waals surface area contributed by atoms with Gasteiger partial charge in [-0.05, 0) is 18.6 Å². The summed E-state index contributed by atoms with van der Waals surface area (Å²) in [5, 5.41) is 0. The molecule has 0 radical (unpaired) electrons. The fourth-order valence-corrected chi connectivity index (χ4v) is 2.01. The Balaban J connectivity index is 2.27. The molecular formula is C12H16O3S. The minimum Gasteiger partial charge on any atom is -0.462 e. The van der Waals surface area contributed by atoms with Gasteiger partial charge in [-0.15, -0.1) is 11.3 Å². The molecule has 0 bridgehead atoms. The first kappa shape index (κ1) is 12.9. The van der Waals surface area contributed by atoms with Gasteiger partial charge in [0.1, 0.15) is 4.88 Å². The van der Waals surface area contributed by atoms with Gasteiger partial charge in [-0.2, -0.15) is 0 Å². The third kappa shape index (κ3) is 4.14. The Labute approximate surface area is 99.4 Å². The third-order valence-corrected chi connectivity index (χ3v) is 3.17. The summed E-state index contributed by atoms with van der Waals surface area (Å²) >= 11 is 1.17. The molecule has 1 rings (SSSR count). The van der Waals surface area contributed by atoms with Gasteiger partial charge in [0, 0.05) is 0 Å². The molecule has 0 N–H and O–H groups in total. The van der Waals surface area contributed by atoms with E-state index in [0.717, 1.165) is 19.1 Å². The zero-order valence-corrected chi connectivity index (χ0v) is 10.2. The molecule has 0 unspecified atom stereocenters. The second-order valence-corrected chi connectivity index (χ2v) is 4.63. The van der Waals surface area contributed by atoms with E-state index in [0.29, 0.717) is 16.4 Å². The average Bonchev–Trinajstić information content (AvgIpc) is 2.77. The van der Waals surface area contributed by atoms with E-state index in [4.69, 9.17) is 4.74 Å². The monoisotopic (exact) mass is 240 g/mol. The molecular weight excluding hydrogens is 224 g/mol. The molecule has 0 saturated carbocycles. The zero-order valence-electron chi connectivity index (χ0n) is 9.40. The van der Waals surface area contributed by atoms with E-state index in [1.165, 1.54) is 24.2 Å². The highest BCUT2D eigenvalue weighted by Crippen LogP contribution is 2.15. The first-order valence-corrected chi connectivity index (χ1v) is 6.31. The first-order chi connectivity index (χ1) is 7.77. The van der Waals surface area contributed by atoms with Gasteiger partial charge in [0.15, 0.2) is 6.29 Å². The van der Waals surface area contributed by atoms with Crippen molar-refractivity contribution in [2.45, 2.75) is 32.6 Å². The van der Waals surface area contributed by atoms with Crippen LogP contribution in [0.3, 0.4) is 0 Å². The maximum Gasteiger partial charge on any atom is 0.348 e. The van der Waals surface area contributed by atoms with Gasteiger partial charge >= 0.3 is 5.97 Å². The Hall–Kier alpha value is -1.16. The predicted molar refractivity (Wildman–Crippen MR) is 64.1 cm³/mol. The van der Waals surface area contributed by atoms with Crippen LogP contribution in [0.1, 0.15) is 52.0 Å². The zero-order chi connectivity index (χ0) is 11.8. The summed E-state index contributed by atoms with van der Waals surface area (Å²) in [6.45, 7) is 2.60. The van der Waals surface area contributed by atoms with Crippen molar-refractivity contribution < 1.29 is 14.3 Å². The average molecular weight is 240 g/mol. The smallest absolute Gasteiger partial charge is 0.348 e. The van der Waals surface area contributed by atoms with Crippen LogP contribution in [0.4, 0.5) is 0 Å². The van der Waals surface area contributed by atoms with Crippen LogP contribution < -0.4 is 0 Å². The highest BCUT2D eigenvalue weighted by molar-refractivity contribution is 7.15. The molecule has 0 aromatic carbocycles. The Morgan fingerprint density at radius 2 is 2.19 bits per heavy atom. The van der Waals surface area contributed by atoms with Gasteiger partial charge in [0.25, 0.3) is 0 Å². The van der Waals surface area contributed by atoms with Crippen molar-refractivity contribution in [3.05, 3.63) is 21.9 Å². The lowest BCUT2D eigenvalue weighted by Crippen LogP contribution is -2.04. The third-order valence-electron chi connectivity index (χ3n) is 2.18. The number of carbonyl (C=O) groups is 2.